The summed E-state index contributed by atoms with van der Waals surface area (Å²) in [5.74, 6) is -0.807. The molecule has 3 N–H and O–H groups in total. The van der Waals surface area contributed by atoms with E-state index in [-0.39, 0.29) is 12.5 Å². The van der Waals surface area contributed by atoms with Gasteiger partial charge in [0.1, 0.15) is 11.6 Å². The lowest BCUT2D eigenvalue weighted by Crippen LogP contribution is -2.36. The highest BCUT2D eigenvalue weighted by Gasteiger charge is 2.23. The van der Waals surface area contributed by atoms with E-state index in [0.717, 1.165) is 5.69 Å². The van der Waals surface area contributed by atoms with Crippen molar-refractivity contribution in [3.8, 4) is 0 Å². The summed E-state index contributed by atoms with van der Waals surface area (Å²) in [5.41, 5.74) is 6.73. The molecule has 0 spiro atoms. The Morgan fingerprint density at radius 1 is 1.18 bits per heavy atom. The number of rotatable bonds is 9. The van der Waals surface area contributed by atoms with Crippen molar-refractivity contribution in [2.24, 2.45) is 5.73 Å². The summed E-state index contributed by atoms with van der Waals surface area (Å²) in [6.07, 6.45) is 2.06. The van der Waals surface area contributed by atoms with E-state index in [1.807, 2.05) is 18.2 Å². The number of nitrogens with one attached hydrogen (secondary N) is 1. The summed E-state index contributed by atoms with van der Waals surface area (Å²) in [5, 5.41) is 3.15. The number of pyridine rings is 1. The lowest BCUT2D eigenvalue weighted by atomic mass is 10.1. The van der Waals surface area contributed by atoms with Crippen molar-refractivity contribution in [3.05, 3.63) is 59.9 Å². The molecule has 1 aromatic carbocycles. The van der Waals surface area contributed by atoms with Crippen LogP contribution >= 0.6 is 0 Å². The van der Waals surface area contributed by atoms with Gasteiger partial charge in [0.2, 0.25) is 0 Å². The first-order valence-corrected chi connectivity index (χ1v) is 9.21. The summed E-state index contributed by atoms with van der Waals surface area (Å²) in [6, 6.07) is 11.7. The molecule has 0 saturated carbocycles. The largest absolute Gasteiger partial charge is 0.464 e. The molecule has 1 aromatic heterocycles. The number of nitrogens with zero attached hydrogens (tertiary/aromatic N) is 1. The molecule has 2 rings (SSSR count). The molecule has 7 heteroatoms. The van der Waals surface area contributed by atoms with Gasteiger partial charge in [-0.1, -0.05) is 6.07 Å². The van der Waals surface area contributed by atoms with Crippen molar-refractivity contribution in [2.45, 2.75) is 38.8 Å². The Morgan fingerprint density at radius 2 is 1.89 bits per heavy atom. The average molecular weight is 385 g/mol. The molecule has 0 radical (unpaired) electrons. The highest BCUT2D eigenvalue weighted by Crippen LogP contribution is 2.16. The number of carbonyl (C=O) groups is 2. The summed E-state index contributed by atoms with van der Waals surface area (Å²) in [6.45, 7) is 5.79. The number of anilines is 1. The van der Waals surface area contributed by atoms with Crippen molar-refractivity contribution < 1.29 is 19.1 Å². The van der Waals surface area contributed by atoms with Gasteiger partial charge in [0.25, 0.3) is 0 Å². The van der Waals surface area contributed by atoms with E-state index >= 15 is 0 Å². The van der Waals surface area contributed by atoms with Crippen LogP contribution in [-0.2, 0) is 20.7 Å². The van der Waals surface area contributed by atoms with Crippen LogP contribution < -0.4 is 11.1 Å². The highest BCUT2D eigenvalue weighted by atomic mass is 16.6. The molecule has 7 nitrogen and oxygen atoms in total. The van der Waals surface area contributed by atoms with Crippen LogP contribution in [-0.4, -0.2) is 41.7 Å². The Hall–Kier alpha value is -2.93. The second-order valence-electron chi connectivity index (χ2n) is 6.90. The maximum atomic E-state index is 12.3. The molecule has 150 valence electrons. The van der Waals surface area contributed by atoms with E-state index in [0.29, 0.717) is 24.3 Å². The van der Waals surface area contributed by atoms with Crippen molar-refractivity contribution in [3.63, 3.8) is 0 Å². The van der Waals surface area contributed by atoms with E-state index in [9.17, 15) is 9.59 Å². The van der Waals surface area contributed by atoms with Crippen LogP contribution in [0.2, 0.25) is 0 Å². The zero-order valence-electron chi connectivity index (χ0n) is 16.5. The third kappa shape index (κ3) is 6.35. The van der Waals surface area contributed by atoms with Gasteiger partial charge in [0.15, 0.2) is 0 Å². The predicted octanol–water partition coefficient (Wildman–Crippen LogP) is 2.56. The molecule has 0 fully saturated rings. The van der Waals surface area contributed by atoms with Crippen LogP contribution in [0.3, 0.4) is 0 Å². The van der Waals surface area contributed by atoms with Crippen LogP contribution in [0.15, 0.2) is 48.7 Å². The van der Waals surface area contributed by atoms with Gasteiger partial charge in [-0.25, -0.2) is 9.59 Å². The molecule has 0 amide bonds. The molecular weight excluding hydrogens is 358 g/mol. The summed E-state index contributed by atoms with van der Waals surface area (Å²) < 4.78 is 10.5. The van der Waals surface area contributed by atoms with E-state index in [1.165, 1.54) is 0 Å². The van der Waals surface area contributed by atoms with E-state index < -0.39 is 17.6 Å². The van der Waals surface area contributed by atoms with Gasteiger partial charge >= 0.3 is 11.9 Å². The van der Waals surface area contributed by atoms with Gasteiger partial charge in [0, 0.05) is 30.5 Å². The molecule has 1 unspecified atom stereocenters. The fourth-order valence-electron chi connectivity index (χ4n) is 2.42. The number of hydrogen-bond acceptors (Lipinski definition) is 7. The molecule has 0 saturated heterocycles. The number of nitrogens with two attached hydrogens (primary N) is 1. The van der Waals surface area contributed by atoms with Gasteiger partial charge in [-0.3, -0.25) is 4.98 Å². The van der Waals surface area contributed by atoms with E-state index in [1.54, 1.807) is 51.2 Å². The second kappa shape index (κ2) is 9.85. The minimum Gasteiger partial charge on any atom is -0.464 e. The predicted molar refractivity (Wildman–Crippen MR) is 107 cm³/mol. The molecule has 28 heavy (non-hydrogen) atoms. The topological polar surface area (TPSA) is 104 Å². The fraction of sp³-hybridized carbons (Fsp3) is 0.381. The molecule has 0 aliphatic carbocycles. The second-order valence-corrected chi connectivity index (χ2v) is 6.90. The van der Waals surface area contributed by atoms with Crippen LogP contribution in [0.4, 0.5) is 5.69 Å². The molecular formula is C21H27N3O4. The smallest absolute Gasteiger partial charge is 0.338 e. The molecule has 0 bridgehead atoms. The summed E-state index contributed by atoms with van der Waals surface area (Å²) in [4.78, 5) is 28.8. The van der Waals surface area contributed by atoms with Crippen LogP contribution in [0, 0.1) is 0 Å². The number of hydrogen-bond donors (Lipinski definition) is 2. The third-order valence-corrected chi connectivity index (χ3v) is 4.03. The monoisotopic (exact) mass is 385 g/mol. The molecule has 0 aliphatic rings. The lowest BCUT2D eigenvalue weighted by molar-refractivity contribution is -0.144. The minimum absolute atomic E-state index is 0.229. The zero-order chi connectivity index (χ0) is 20.6. The van der Waals surface area contributed by atoms with Gasteiger partial charge in [-0.2, -0.15) is 0 Å². The third-order valence-electron chi connectivity index (χ3n) is 4.03. The molecule has 1 heterocycles. The van der Waals surface area contributed by atoms with Crippen molar-refractivity contribution in [1.29, 1.82) is 0 Å². The van der Waals surface area contributed by atoms with Crippen molar-refractivity contribution >= 4 is 17.6 Å². The maximum Gasteiger partial charge on any atom is 0.338 e. The molecule has 2 aromatic rings. The number of aromatic nitrogens is 1. The molecule has 1 atom stereocenters. The normalized spacial score (nSPS) is 12.1. The van der Waals surface area contributed by atoms with Gasteiger partial charge < -0.3 is 20.5 Å². The van der Waals surface area contributed by atoms with Crippen molar-refractivity contribution in [2.75, 3.05) is 18.5 Å². The quantitative estimate of drug-likeness (QED) is 0.639. The minimum atomic E-state index is -0.730. The first-order valence-electron chi connectivity index (χ1n) is 9.21. The molecule has 0 aliphatic heterocycles. The first-order chi connectivity index (χ1) is 13.3. The van der Waals surface area contributed by atoms with Crippen LogP contribution in [0.5, 0.6) is 0 Å². The maximum absolute atomic E-state index is 12.3. The Bertz CT molecular complexity index is 776. The Kier molecular flexibility index (Phi) is 7.52. The first kappa shape index (κ1) is 21.4. The average Bonchev–Trinajstić information content (AvgIpc) is 2.68. The fourth-order valence-corrected chi connectivity index (χ4v) is 2.42. The van der Waals surface area contributed by atoms with Gasteiger partial charge in [0.05, 0.1) is 12.2 Å². The Labute approximate surface area is 165 Å². The van der Waals surface area contributed by atoms with E-state index in [2.05, 4.69) is 10.3 Å². The number of carbonyl (C=O) groups excluding carboxylic acids is 2. The Morgan fingerprint density at radius 3 is 2.46 bits per heavy atom. The zero-order valence-corrected chi connectivity index (χ0v) is 16.5. The highest BCUT2D eigenvalue weighted by molar-refractivity contribution is 5.90. The number of benzene rings is 1. The number of ether oxygens (including phenoxy) is 2. The van der Waals surface area contributed by atoms with E-state index in [4.69, 9.17) is 15.2 Å². The lowest BCUT2D eigenvalue weighted by Gasteiger charge is -2.23. The van der Waals surface area contributed by atoms with Gasteiger partial charge in [-0.15, -0.1) is 0 Å². The van der Waals surface area contributed by atoms with Crippen LogP contribution in [0.1, 0.15) is 36.8 Å². The van der Waals surface area contributed by atoms with Gasteiger partial charge in [-0.05, 0) is 57.2 Å². The number of esters is 2. The Balaban J connectivity index is 2.09. The summed E-state index contributed by atoms with van der Waals surface area (Å²) in [7, 11) is 0. The standard InChI is InChI=1S/C21H27N3O4/c1-4-27-20(26)18(13-17-7-5-6-12-23-17)24-16-10-8-15(9-11-16)19(25)28-21(2,3)14-22/h5-12,18,24H,4,13-14,22H2,1-3H3. The SMILES string of the molecule is CCOC(=O)C(Cc1ccccn1)Nc1ccc(C(=O)OC(C)(C)CN)cc1. The summed E-state index contributed by atoms with van der Waals surface area (Å²) >= 11 is 0. The van der Waals surface area contributed by atoms with Crippen molar-refractivity contribution in [1.82, 2.24) is 4.98 Å². The van der Waals surface area contributed by atoms with Crippen LogP contribution in [0.25, 0.3) is 0 Å².